The van der Waals surface area contributed by atoms with E-state index < -0.39 is 60.5 Å². The number of allylic oxidation sites excluding steroid dienone is 4. The first-order valence-corrected chi connectivity index (χ1v) is 19.5. The first-order chi connectivity index (χ1) is 26.8. The maximum absolute atomic E-state index is 14.0. The highest BCUT2D eigenvalue weighted by atomic mass is 16.5. The van der Waals surface area contributed by atoms with Gasteiger partial charge in [0.05, 0.1) is 43.6 Å². The number of carbonyl (C=O) groups excluding carboxylic acids is 2. The normalized spacial score (nSPS) is 25.6. The Labute approximate surface area is 323 Å². The molecule has 294 valence electrons. The lowest BCUT2D eigenvalue weighted by Crippen LogP contribution is -2.30. The molecule has 8 rings (SSSR count). The summed E-state index contributed by atoms with van der Waals surface area (Å²) in [6, 6.07) is 1.65. The second-order valence-electron chi connectivity index (χ2n) is 16.3. The van der Waals surface area contributed by atoms with Crippen molar-refractivity contribution in [2.75, 3.05) is 19.0 Å². The lowest BCUT2D eigenvalue weighted by atomic mass is 9.70. The molecule has 5 aliphatic rings. The van der Waals surface area contributed by atoms with Crippen LogP contribution in [0, 0.1) is 17.8 Å². The van der Waals surface area contributed by atoms with Crippen molar-refractivity contribution in [2.45, 2.75) is 96.3 Å². The number of phenols is 1. The summed E-state index contributed by atoms with van der Waals surface area (Å²) in [6.45, 7) is 2.27. The van der Waals surface area contributed by atoms with Gasteiger partial charge in [-0.2, -0.15) is 0 Å². The lowest BCUT2D eigenvalue weighted by molar-refractivity contribution is -0.143. The molecule has 12 nitrogen and oxygen atoms in total. The number of aliphatic hydroxyl groups is 3. The first-order valence-electron chi connectivity index (χ1n) is 19.5. The van der Waals surface area contributed by atoms with Gasteiger partial charge in [-0.1, -0.05) is 11.6 Å². The molecule has 0 bridgehead atoms. The fourth-order valence-electron chi connectivity index (χ4n) is 10.6. The van der Waals surface area contributed by atoms with Crippen LogP contribution in [0.2, 0.25) is 0 Å². The van der Waals surface area contributed by atoms with Gasteiger partial charge in [-0.15, -0.1) is 0 Å². The molecule has 0 spiro atoms. The van der Waals surface area contributed by atoms with Crippen LogP contribution in [0.1, 0.15) is 122 Å². The van der Waals surface area contributed by atoms with E-state index in [-0.39, 0.29) is 34.6 Å². The van der Waals surface area contributed by atoms with Crippen molar-refractivity contribution >= 4 is 61.9 Å². The fourth-order valence-corrected chi connectivity index (χ4v) is 10.6. The average molecular weight is 766 g/mol. The smallest absolute Gasteiger partial charge is 0.306 e. The van der Waals surface area contributed by atoms with Crippen LogP contribution in [-0.2, 0) is 21.0 Å². The number of fused-ring (bicyclic) bond motifs is 1. The number of nitrogens with one attached hydrogen (secondary N) is 1. The van der Waals surface area contributed by atoms with Gasteiger partial charge in [-0.05, 0) is 139 Å². The minimum absolute atomic E-state index is 0.0227. The number of methoxy groups -OCH3 is 1. The van der Waals surface area contributed by atoms with Crippen LogP contribution in [0.15, 0.2) is 29.4 Å². The molecule has 12 heteroatoms. The topological polar surface area (TPSA) is 211 Å². The van der Waals surface area contributed by atoms with Crippen LogP contribution in [0.4, 0.5) is 5.69 Å². The van der Waals surface area contributed by atoms with Crippen molar-refractivity contribution in [3.63, 3.8) is 0 Å². The summed E-state index contributed by atoms with van der Waals surface area (Å²) in [5.41, 5.74) is 5.08. The molecule has 56 heavy (non-hydrogen) atoms. The highest BCUT2D eigenvalue weighted by Crippen LogP contribution is 2.60. The van der Waals surface area contributed by atoms with Gasteiger partial charge in [0.15, 0.2) is 17.3 Å². The predicted molar refractivity (Wildman–Crippen MR) is 209 cm³/mol. The zero-order valence-electron chi connectivity index (χ0n) is 31.7. The summed E-state index contributed by atoms with van der Waals surface area (Å²) in [5, 5.41) is 71.6. The Hall–Kier alpha value is -5.04. The van der Waals surface area contributed by atoms with Crippen molar-refractivity contribution in [1.82, 2.24) is 0 Å². The van der Waals surface area contributed by atoms with Gasteiger partial charge in [-0.3, -0.25) is 19.2 Å². The highest BCUT2D eigenvalue weighted by molar-refractivity contribution is 6.32. The largest absolute Gasteiger partial charge is 0.504 e. The maximum atomic E-state index is 14.0. The van der Waals surface area contributed by atoms with Gasteiger partial charge in [-0.25, -0.2) is 0 Å². The van der Waals surface area contributed by atoms with E-state index in [2.05, 4.69) is 5.32 Å². The third-order valence-corrected chi connectivity index (χ3v) is 13.2. The Morgan fingerprint density at radius 1 is 0.821 bits per heavy atom. The summed E-state index contributed by atoms with van der Waals surface area (Å²) in [6.07, 6.45) is 6.78. The van der Waals surface area contributed by atoms with Crippen molar-refractivity contribution in [1.29, 1.82) is 0 Å². The Balaban J connectivity index is 1.51. The summed E-state index contributed by atoms with van der Waals surface area (Å²) in [4.78, 5) is 51.5. The van der Waals surface area contributed by atoms with Gasteiger partial charge in [0, 0.05) is 28.2 Å². The van der Waals surface area contributed by atoms with Crippen LogP contribution in [0.25, 0.3) is 32.7 Å². The van der Waals surface area contributed by atoms with Gasteiger partial charge < -0.3 is 40.7 Å². The third kappa shape index (κ3) is 5.67. The Kier molecular flexibility index (Phi) is 9.57. The number of carbonyl (C=O) groups is 4. The summed E-state index contributed by atoms with van der Waals surface area (Å²) >= 11 is 0. The predicted octanol–water partition coefficient (Wildman–Crippen LogP) is 6.54. The number of hydrogen-bond acceptors (Lipinski definition) is 10. The van der Waals surface area contributed by atoms with E-state index in [1.165, 1.54) is 20.1 Å². The molecular weight excluding hydrogens is 718 g/mol. The van der Waals surface area contributed by atoms with Crippen molar-refractivity contribution < 1.29 is 54.6 Å². The number of aliphatic carboxylic acids is 2. The third-order valence-electron chi connectivity index (χ3n) is 13.2. The van der Waals surface area contributed by atoms with Gasteiger partial charge in [0.25, 0.3) is 0 Å². The Morgan fingerprint density at radius 2 is 1.45 bits per heavy atom. The number of rotatable bonds is 10. The monoisotopic (exact) mass is 765 g/mol. The molecule has 2 unspecified atom stereocenters. The van der Waals surface area contributed by atoms with Crippen molar-refractivity contribution in [2.24, 2.45) is 17.8 Å². The number of aliphatic hydroxyl groups excluding tert-OH is 3. The Bertz CT molecular complexity index is 2350. The molecular formula is C44H47NO11. The van der Waals surface area contributed by atoms with Crippen LogP contribution in [0.5, 0.6) is 11.5 Å². The molecule has 7 N–H and O–H groups in total. The van der Waals surface area contributed by atoms with E-state index in [1.807, 2.05) is 13.0 Å². The molecule has 0 heterocycles. The van der Waals surface area contributed by atoms with Gasteiger partial charge in [0.2, 0.25) is 0 Å². The van der Waals surface area contributed by atoms with Crippen LogP contribution >= 0.6 is 0 Å². The molecule has 2 fully saturated rings. The van der Waals surface area contributed by atoms with E-state index in [9.17, 15) is 49.8 Å². The molecule has 0 radical (unpaired) electrons. The number of aromatic hydroxyl groups is 1. The van der Waals surface area contributed by atoms with Crippen molar-refractivity contribution in [3.05, 3.63) is 62.7 Å². The zero-order valence-corrected chi connectivity index (χ0v) is 31.7. The summed E-state index contributed by atoms with van der Waals surface area (Å²) in [7, 11) is 1.37. The number of anilines is 1. The number of benzene rings is 3. The molecule has 0 aliphatic heterocycles. The highest BCUT2D eigenvalue weighted by Gasteiger charge is 2.43. The quantitative estimate of drug-likeness (QED) is 0.110. The van der Waals surface area contributed by atoms with E-state index in [1.54, 1.807) is 6.07 Å². The molecule has 3 aromatic rings. The number of hydrogen-bond donors (Lipinski definition) is 7. The fraction of sp³-hybridized carbons (Fsp3) is 0.455. The molecule has 2 atom stereocenters. The van der Waals surface area contributed by atoms with E-state index >= 15 is 0 Å². The lowest BCUT2D eigenvalue weighted by Gasteiger charge is -2.37. The van der Waals surface area contributed by atoms with Crippen LogP contribution < -0.4 is 10.1 Å². The molecule has 0 saturated heterocycles. The van der Waals surface area contributed by atoms with Crippen LogP contribution in [-0.4, -0.2) is 73.9 Å². The number of carboxylic acids is 2. The summed E-state index contributed by atoms with van der Waals surface area (Å²) < 4.78 is 5.89. The van der Waals surface area contributed by atoms with E-state index in [4.69, 9.17) is 4.74 Å². The second kappa shape index (κ2) is 14.2. The first kappa shape index (κ1) is 37.9. The maximum Gasteiger partial charge on any atom is 0.306 e. The molecule has 3 aromatic carbocycles. The number of phenolic OH excluding ortho intramolecular Hbond substituents is 1. The minimum Gasteiger partial charge on any atom is -0.504 e. The molecule has 0 amide bonds. The minimum atomic E-state index is -1.20. The number of ketones is 2. The van der Waals surface area contributed by atoms with Crippen molar-refractivity contribution in [3.8, 4) is 11.5 Å². The SMILES string of the molecule is COc1c(O)c2c3c(c4c(CO)cc(NC5CCC(C(=O)O)CC5)c5c4c4c3c1C(C(C)=O)C(C)=CC4=C(CC1CCC(C(=O)O)CC1)C5O)C(CO)=CC2=O. The average Bonchev–Trinajstić information content (AvgIpc) is 3.30. The number of Topliss-reactive ketones (excluding diaryl/α,β-unsaturated/α-hetero) is 1. The van der Waals surface area contributed by atoms with Crippen LogP contribution in [0.3, 0.4) is 0 Å². The number of ether oxygens (including phenoxy) is 1. The Morgan fingerprint density at radius 3 is 2.02 bits per heavy atom. The molecule has 0 aromatic heterocycles. The standard InChI is InChI=1S/C44H47NO11/c1-18-12-26-27(13-20-4-6-21(7-5-20)43(52)53)40(50)34-28(45-25-10-8-22(9-11-25)44(54)55)14-23(16-46)31-32-24(17-47)15-29(49)35-37(32)38(33(26)36(31)34)39(30(18)19(2)48)42(56-3)41(35)51/h12,14-15,20-22,25,30,40,45-47,50-51H,4-11,13,16-17H2,1-3H3,(H,52,53)(H,54,55). The zero-order chi connectivity index (χ0) is 39.9. The summed E-state index contributed by atoms with van der Waals surface area (Å²) in [5.74, 6) is -4.64. The number of carboxylic acid groups (broad SMARTS) is 2. The second-order valence-corrected chi connectivity index (χ2v) is 16.3. The van der Waals surface area contributed by atoms with Gasteiger partial charge in [0.1, 0.15) is 11.9 Å². The molecule has 5 aliphatic carbocycles. The van der Waals surface area contributed by atoms with E-state index in [0.29, 0.717) is 130 Å². The molecule has 2 saturated carbocycles. The van der Waals surface area contributed by atoms with Gasteiger partial charge >= 0.3 is 11.9 Å². The van der Waals surface area contributed by atoms with E-state index in [0.717, 1.165) is 0 Å².